The molecular weight excluding hydrogens is 1080 g/mol. The van der Waals surface area contributed by atoms with Gasteiger partial charge in [-0.05, 0) is 64.2 Å². The lowest BCUT2D eigenvalue weighted by Gasteiger charge is -2.20. The maximum absolute atomic E-state index is 12.5. The van der Waals surface area contributed by atoms with Crippen LogP contribution in [0, 0.1) is 0 Å². The molecule has 0 saturated heterocycles. The zero-order valence-corrected chi connectivity index (χ0v) is 59.7. The van der Waals surface area contributed by atoms with Crippen LogP contribution >= 0.6 is 0 Å². The number of carbonyl (C=O) groups is 2. The molecule has 0 rings (SSSR count). The molecule has 0 bridgehead atoms. The second-order valence-electron chi connectivity index (χ2n) is 27.8. The van der Waals surface area contributed by atoms with Crippen molar-refractivity contribution < 1.29 is 24.5 Å². The Hall–Kier alpha value is -1.92. The first-order chi connectivity index (χ1) is 43.5. The van der Waals surface area contributed by atoms with Gasteiger partial charge in [0.15, 0.2) is 0 Å². The summed E-state index contributed by atoms with van der Waals surface area (Å²) >= 11 is 0. The van der Waals surface area contributed by atoms with E-state index in [0.717, 1.165) is 44.9 Å². The van der Waals surface area contributed by atoms with Crippen molar-refractivity contribution in [3.63, 3.8) is 0 Å². The van der Waals surface area contributed by atoms with Gasteiger partial charge in [0.05, 0.1) is 25.4 Å². The summed E-state index contributed by atoms with van der Waals surface area (Å²) in [7, 11) is 0. The van der Waals surface area contributed by atoms with Gasteiger partial charge in [-0.2, -0.15) is 0 Å². The topological polar surface area (TPSA) is 95.9 Å². The van der Waals surface area contributed by atoms with Crippen LogP contribution in [-0.2, 0) is 14.3 Å². The normalized spacial score (nSPS) is 12.6. The molecule has 0 heterocycles. The fraction of sp³-hybridized carbons (Fsp3) is 0.902. The Kier molecular flexibility index (Phi) is 75.8. The molecule has 2 unspecified atom stereocenters. The standard InChI is InChI=1S/C82H157NO5/c1-3-5-7-9-11-13-15-17-19-20-21-22-38-41-44-47-50-54-58-62-66-70-74-80(85)79(78-84)83-81(86)75-71-67-63-59-55-51-48-45-42-39-36-34-32-30-28-26-24-23-25-27-29-31-33-35-37-40-43-46-49-53-57-61-65-69-73-77-88-82(87)76-72-68-64-60-56-52-18-16-14-12-10-8-6-4-2/h25,27,31,33,70,74,79-80,84-85H,3-24,26,28-30,32,34-69,71-73,75-78H2,1-2H3,(H,83,86)/b27-25-,33-31-,74-70+. The van der Waals surface area contributed by atoms with Gasteiger partial charge in [0, 0.05) is 12.8 Å². The Bertz CT molecular complexity index is 1430. The number of unbranched alkanes of at least 4 members (excludes halogenated alkanes) is 61. The maximum Gasteiger partial charge on any atom is 0.305 e. The Labute approximate surface area is 551 Å². The van der Waals surface area contributed by atoms with Gasteiger partial charge in [0.25, 0.3) is 0 Å². The SMILES string of the molecule is CCCCCCCCCCCCCCCCCCCCCC/C=C/C(O)C(CO)NC(=O)CCCCCCCCCCCCCCCCCCC/C=C\C/C=C\CCCCCCCCCCCCCOC(=O)CCCCCCCCCCCCCCCC. The van der Waals surface area contributed by atoms with Crippen LogP contribution in [0.1, 0.15) is 450 Å². The molecule has 1 amide bonds. The molecule has 520 valence electrons. The molecular formula is C82H157NO5. The fourth-order valence-corrected chi connectivity index (χ4v) is 12.8. The zero-order chi connectivity index (χ0) is 63.5. The van der Waals surface area contributed by atoms with E-state index in [0.29, 0.717) is 19.4 Å². The largest absolute Gasteiger partial charge is 0.466 e. The predicted octanol–water partition coefficient (Wildman–Crippen LogP) is 26.6. The number of carbonyl (C=O) groups excluding carboxylic acids is 2. The molecule has 0 aromatic rings. The van der Waals surface area contributed by atoms with Gasteiger partial charge in [0.2, 0.25) is 5.91 Å². The summed E-state index contributed by atoms with van der Waals surface area (Å²) in [6.07, 6.45) is 101. The van der Waals surface area contributed by atoms with Crippen LogP contribution < -0.4 is 5.32 Å². The van der Waals surface area contributed by atoms with Crippen LogP contribution in [0.2, 0.25) is 0 Å². The number of amides is 1. The van der Waals surface area contributed by atoms with Crippen molar-refractivity contribution in [1.29, 1.82) is 0 Å². The molecule has 2 atom stereocenters. The van der Waals surface area contributed by atoms with Crippen LogP contribution in [0.3, 0.4) is 0 Å². The second-order valence-corrected chi connectivity index (χ2v) is 27.8. The molecule has 3 N–H and O–H groups in total. The van der Waals surface area contributed by atoms with Crippen LogP contribution in [0.5, 0.6) is 0 Å². The third kappa shape index (κ3) is 73.1. The summed E-state index contributed by atoms with van der Waals surface area (Å²) in [6, 6.07) is -0.628. The van der Waals surface area contributed by atoms with E-state index in [1.807, 2.05) is 6.08 Å². The van der Waals surface area contributed by atoms with Crippen molar-refractivity contribution >= 4 is 11.9 Å². The molecule has 6 nitrogen and oxygen atoms in total. The zero-order valence-electron chi connectivity index (χ0n) is 59.7. The van der Waals surface area contributed by atoms with Crippen molar-refractivity contribution in [2.45, 2.75) is 463 Å². The van der Waals surface area contributed by atoms with E-state index < -0.39 is 12.1 Å². The lowest BCUT2D eigenvalue weighted by Crippen LogP contribution is -2.45. The average molecular weight is 1240 g/mol. The first kappa shape index (κ1) is 86.1. The number of nitrogens with one attached hydrogen (secondary N) is 1. The third-order valence-electron chi connectivity index (χ3n) is 18.9. The molecule has 0 aromatic heterocycles. The number of esters is 1. The number of allylic oxidation sites excluding steroid dienone is 5. The first-order valence-corrected chi connectivity index (χ1v) is 40.3. The quantitative estimate of drug-likeness (QED) is 0.0320. The van der Waals surface area contributed by atoms with E-state index >= 15 is 0 Å². The van der Waals surface area contributed by atoms with Gasteiger partial charge < -0.3 is 20.3 Å². The molecule has 0 saturated carbocycles. The summed E-state index contributed by atoms with van der Waals surface area (Å²) in [5.74, 6) is -0.0413. The molecule has 0 aliphatic carbocycles. The van der Waals surface area contributed by atoms with Gasteiger partial charge in [-0.3, -0.25) is 9.59 Å². The molecule has 6 heteroatoms. The lowest BCUT2D eigenvalue weighted by atomic mass is 10.0. The van der Waals surface area contributed by atoms with Gasteiger partial charge in [0.1, 0.15) is 0 Å². The van der Waals surface area contributed by atoms with E-state index in [2.05, 4.69) is 43.5 Å². The third-order valence-corrected chi connectivity index (χ3v) is 18.9. The highest BCUT2D eigenvalue weighted by Crippen LogP contribution is 2.20. The molecule has 0 aromatic carbocycles. The maximum atomic E-state index is 12.5. The van der Waals surface area contributed by atoms with Crippen molar-refractivity contribution in [2.24, 2.45) is 0 Å². The number of ether oxygens (including phenoxy) is 1. The van der Waals surface area contributed by atoms with Crippen LogP contribution in [0.4, 0.5) is 0 Å². The predicted molar refractivity (Wildman–Crippen MR) is 389 cm³/mol. The van der Waals surface area contributed by atoms with E-state index in [9.17, 15) is 19.8 Å². The van der Waals surface area contributed by atoms with E-state index in [-0.39, 0.29) is 18.5 Å². The van der Waals surface area contributed by atoms with Crippen molar-refractivity contribution in [3.8, 4) is 0 Å². The van der Waals surface area contributed by atoms with Crippen molar-refractivity contribution in [3.05, 3.63) is 36.5 Å². The lowest BCUT2D eigenvalue weighted by molar-refractivity contribution is -0.143. The molecule has 0 aliphatic heterocycles. The van der Waals surface area contributed by atoms with E-state index in [1.165, 1.54) is 379 Å². The average Bonchev–Trinajstić information content (AvgIpc) is 3.58. The second kappa shape index (κ2) is 77.5. The monoisotopic (exact) mass is 1240 g/mol. The summed E-state index contributed by atoms with van der Waals surface area (Å²) in [4.78, 5) is 24.6. The highest BCUT2D eigenvalue weighted by atomic mass is 16.5. The Morgan fingerprint density at radius 3 is 0.864 bits per heavy atom. The number of aliphatic hydroxyl groups excluding tert-OH is 2. The van der Waals surface area contributed by atoms with E-state index in [4.69, 9.17) is 4.74 Å². The van der Waals surface area contributed by atoms with Crippen LogP contribution in [0.25, 0.3) is 0 Å². The molecule has 0 aliphatic rings. The Morgan fingerprint density at radius 2 is 0.568 bits per heavy atom. The van der Waals surface area contributed by atoms with Gasteiger partial charge >= 0.3 is 5.97 Å². The highest BCUT2D eigenvalue weighted by molar-refractivity contribution is 5.76. The summed E-state index contributed by atoms with van der Waals surface area (Å²) in [5.41, 5.74) is 0. The number of rotatable bonds is 76. The van der Waals surface area contributed by atoms with Gasteiger partial charge in [-0.1, -0.05) is 410 Å². The first-order valence-electron chi connectivity index (χ1n) is 40.3. The molecule has 88 heavy (non-hydrogen) atoms. The fourth-order valence-electron chi connectivity index (χ4n) is 12.8. The van der Waals surface area contributed by atoms with Crippen LogP contribution in [-0.4, -0.2) is 47.4 Å². The van der Waals surface area contributed by atoms with Gasteiger partial charge in [-0.25, -0.2) is 0 Å². The number of aliphatic hydroxyl groups is 2. The minimum absolute atomic E-state index is 0.0196. The smallest absolute Gasteiger partial charge is 0.305 e. The minimum Gasteiger partial charge on any atom is -0.466 e. The molecule has 0 fully saturated rings. The summed E-state index contributed by atoms with van der Waals surface area (Å²) in [6.45, 7) is 4.95. The summed E-state index contributed by atoms with van der Waals surface area (Å²) < 4.78 is 5.50. The highest BCUT2D eigenvalue weighted by Gasteiger charge is 2.18. The number of hydrogen-bond acceptors (Lipinski definition) is 5. The molecule has 0 spiro atoms. The Morgan fingerprint density at radius 1 is 0.318 bits per heavy atom. The van der Waals surface area contributed by atoms with Crippen molar-refractivity contribution in [2.75, 3.05) is 13.2 Å². The van der Waals surface area contributed by atoms with Crippen molar-refractivity contribution in [1.82, 2.24) is 5.32 Å². The number of hydrogen-bond donors (Lipinski definition) is 3. The molecule has 0 radical (unpaired) electrons. The van der Waals surface area contributed by atoms with E-state index in [1.54, 1.807) is 6.08 Å². The van der Waals surface area contributed by atoms with Gasteiger partial charge in [-0.15, -0.1) is 0 Å². The Balaban J connectivity index is 3.39. The summed E-state index contributed by atoms with van der Waals surface area (Å²) in [5, 5.41) is 23.3. The van der Waals surface area contributed by atoms with Crippen LogP contribution in [0.15, 0.2) is 36.5 Å². The minimum atomic E-state index is -0.844.